The highest BCUT2D eigenvalue weighted by Gasteiger charge is 2.14. The summed E-state index contributed by atoms with van der Waals surface area (Å²) in [6, 6.07) is 8.77. The molecule has 2 heterocycles. The van der Waals surface area contributed by atoms with Crippen LogP contribution < -0.4 is 16.2 Å². The molecule has 0 radical (unpaired) electrons. The lowest BCUT2D eigenvalue weighted by Gasteiger charge is -2.13. The first-order valence-corrected chi connectivity index (χ1v) is 10.4. The van der Waals surface area contributed by atoms with Gasteiger partial charge in [-0.05, 0) is 44.2 Å². The number of para-hydroxylation sites is 1. The number of aromatic nitrogens is 4. The zero-order valence-corrected chi connectivity index (χ0v) is 17.1. The fourth-order valence-electron chi connectivity index (χ4n) is 3.65. The molecule has 0 fully saturated rings. The summed E-state index contributed by atoms with van der Waals surface area (Å²) < 4.78 is 2.73. The van der Waals surface area contributed by atoms with E-state index in [0.29, 0.717) is 17.6 Å². The normalized spacial score (nSPS) is 13.6. The van der Waals surface area contributed by atoms with Gasteiger partial charge in [-0.15, -0.1) is 0 Å². The lowest BCUT2D eigenvalue weighted by Crippen LogP contribution is -2.42. The highest BCUT2D eigenvalue weighted by atomic mass is 16.2. The predicted octanol–water partition coefficient (Wildman–Crippen LogP) is 2.30. The van der Waals surface area contributed by atoms with E-state index >= 15 is 0 Å². The van der Waals surface area contributed by atoms with Crippen LogP contribution in [0.1, 0.15) is 32.1 Å². The Labute approximate surface area is 178 Å². The Kier molecular flexibility index (Phi) is 6.21. The fraction of sp³-hybridized carbons (Fsp3) is 0.318. The molecule has 2 N–H and O–H groups in total. The number of benzene rings is 1. The van der Waals surface area contributed by atoms with E-state index in [-0.39, 0.29) is 6.54 Å². The van der Waals surface area contributed by atoms with Gasteiger partial charge in [-0.25, -0.2) is 14.5 Å². The first-order chi connectivity index (χ1) is 15.1. The number of nitrogens with zero attached hydrogens (tertiary/aromatic N) is 4. The Morgan fingerprint density at radius 1 is 1.13 bits per heavy atom. The van der Waals surface area contributed by atoms with Gasteiger partial charge in [0.25, 0.3) is 5.56 Å². The lowest BCUT2D eigenvalue weighted by molar-refractivity contribution is -0.120. The molecule has 3 aromatic rings. The van der Waals surface area contributed by atoms with Gasteiger partial charge in [0.2, 0.25) is 5.91 Å². The number of rotatable bonds is 6. The molecular weight excluding hydrogens is 396 g/mol. The molecule has 1 aliphatic carbocycles. The fourth-order valence-corrected chi connectivity index (χ4v) is 3.65. The molecule has 160 valence electrons. The van der Waals surface area contributed by atoms with Gasteiger partial charge >= 0.3 is 6.03 Å². The number of carbonyl (C=O) groups is 2. The van der Waals surface area contributed by atoms with E-state index in [1.807, 2.05) is 30.3 Å². The van der Waals surface area contributed by atoms with Crippen LogP contribution in [0.3, 0.4) is 0 Å². The van der Waals surface area contributed by atoms with E-state index in [9.17, 15) is 14.4 Å². The van der Waals surface area contributed by atoms with Gasteiger partial charge in [0.1, 0.15) is 18.3 Å². The van der Waals surface area contributed by atoms with Gasteiger partial charge < -0.3 is 5.32 Å². The number of carbonyl (C=O) groups excluding carboxylic acids is 2. The lowest BCUT2D eigenvalue weighted by atomic mass is 9.97. The minimum Gasteiger partial charge on any atom is -0.337 e. The van der Waals surface area contributed by atoms with Crippen LogP contribution in [-0.4, -0.2) is 37.8 Å². The third kappa shape index (κ3) is 4.88. The molecular formula is C22H24N6O3. The van der Waals surface area contributed by atoms with Crippen molar-refractivity contribution in [3.63, 3.8) is 0 Å². The van der Waals surface area contributed by atoms with Crippen LogP contribution in [0.15, 0.2) is 59.3 Å². The van der Waals surface area contributed by atoms with E-state index in [0.717, 1.165) is 29.5 Å². The monoisotopic (exact) mass is 420 g/mol. The largest absolute Gasteiger partial charge is 0.337 e. The number of hydrogen-bond acceptors (Lipinski definition) is 5. The summed E-state index contributed by atoms with van der Waals surface area (Å²) >= 11 is 0. The van der Waals surface area contributed by atoms with Gasteiger partial charge in [0.15, 0.2) is 5.65 Å². The number of fused-ring (bicyclic) bond motifs is 1. The van der Waals surface area contributed by atoms with E-state index in [2.05, 4.69) is 26.8 Å². The number of hydrogen-bond donors (Lipinski definition) is 2. The van der Waals surface area contributed by atoms with Crippen molar-refractivity contribution in [3.8, 4) is 5.69 Å². The minimum atomic E-state index is -0.590. The maximum Gasteiger partial charge on any atom is 0.321 e. The smallest absolute Gasteiger partial charge is 0.321 e. The quantitative estimate of drug-likeness (QED) is 0.595. The van der Waals surface area contributed by atoms with Crippen molar-refractivity contribution in [3.05, 3.63) is 64.9 Å². The Hall–Kier alpha value is -3.75. The molecule has 1 aromatic carbocycles. The highest BCUT2D eigenvalue weighted by Crippen LogP contribution is 2.19. The number of amides is 3. The zero-order valence-electron chi connectivity index (χ0n) is 17.1. The van der Waals surface area contributed by atoms with Gasteiger partial charge in [0.05, 0.1) is 11.9 Å². The molecule has 0 bridgehead atoms. The molecule has 0 saturated carbocycles. The molecule has 9 nitrogen and oxygen atoms in total. The van der Waals surface area contributed by atoms with Gasteiger partial charge in [-0.1, -0.05) is 29.8 Å². The Bertz CT molecular complexity index is 1180. The summed E-state index contributed by atoms with van der Waals surface area (Å²) in [6.07, 6.45) is 10.3. The SMILES string of the molecule is O=C(Cn1cnc2c(cnn2-c2ccccc2)c1=O)NC(=O)NCCC1=CCCCC1. The number of urea groups is 1. The van der Waals surface area contributed by atoms with Crippen molar-refractivity contribution < 1.29 is 9.59 Å². The summed E-state index contributed by atoms with van der Waals surface area (Å²) in [4.78, 5) is 41.2. The van der Waals surface area contributed by atoms with Crippen LogP contribution in [0.25, 0.3) is 16.7 Å². The van der Waals surface area contributed by atoms with Crippen molar-refractivity contribution in [2.75, 3.05) is 6.54 Å². The first kappa shape index (κ1) is 20.5. The molecule has 3 amide bonds. The van der Waals surface area contributed by atoms with Crippen LogP contribution in [0.4, 0.5) is 4.79 Å². The standard InChI is InChI=1S/C22H24N6O3/c29-19(26-22(31)23-12-11-16-7-3-1-4-8-16)14-27-15-24-20-18(21(27)30)13-25-28(20)17-9-5-2-6-10-17/h2,5-7,9-10,13,15H,1,3-4,8,11-12,14H2,(H2,23,26,29,31). The summed E-state index contributed by atoms with van der Waals surface area (Å²) in [7, 11) is 0. The van der Waals surface area contributed by atoms with Crippen LogP contribution in [0.5, 0.6) is 0 Å². The Balaban J connectivity index is 1.36. The summed E-state index contributed by atoms with van der Waals surface area (Å²) in [6.45, 7) is 0.161. The number of nitrogens with one attached hydrogen (secondary N) is 2. The Morgan fingerprint density at radius 2 is 1.97 bits per heavy atom. The molecule has 2 aromatic heterocycles. The first-order valence-electron chi connectivity index (χ1n) is 10.4. The van der Waals surface area contributed by atoms with Gasteiger partial charge in [0, 0.05) is 6.54 Å². The molecule has 0 saturated heterocycles. The second kappa shape index (κ2) is 9.38. The number of imide groups is 1. The molecule has 31 heavy (non-hydrogen) atoms. The molecule has 4 rings (SSSR count). The van der Waals surface area contributed by atoms with Crippen LogP contribution in [0, 0.1) is 0 Å². The van der Waals surface area contributed by atoms with E-state index in [1.165, 1.54) is 30.9 Å². The third-order valence-electron chi connectivity index (χ3n) is 5.24. The minimum absolute atomic E-state index is 0.296. The predicted molar refractivity (Wildman–Crippen MR) is 116 cm³/mol. The van der Waals surface area contributed by atoms with Gasteiger partial charge in [-0.2, -0.15) is 5.10 Å². The molecule has 0 aliphatic heterocycles. The van der Waals surface area contributed by atoms with Crippen LogP contribution in [0.2, 0.25) is 0 Å². The average Bonchev–Trinajstić information content (AvgIpc) is 3.22. The molecule has 9 heteroatoms. The molecule has 1 aliphatic rings. The van der Waals surface area contributed by atoms with E-state index in [4.69, 9.17) is 0 Å². The maximum atomic E-state index is 12.7. The van der Waals surface area contributed by atoms with Crippen molar-refractivity contribution in [2.45, 2.75) is 38.6 Å². The van der Waals surface area contributed by atoms with Crippen molar-refractivity contribution in [1.29, 1.82) is 0 Å². The van der Waals surface area contributed by atoms with Crippen molar-refractivity contribution >= 4 is 23.0 Å². The zero-order chi connectivity index (χ0) is 21.6. The third-order valence-corrected chi connectivity index (χ3v) is 5.24. The summed E-state index contributed by atoms with van der Waals surface area (Å²) in [5, 5.41) is 9.47. The summed E-state index contributed by atoms with van der Waals surface area (Å²) in [5.41, 5.74) is 2.13. The van der Waals surface area contributed by atoms with Crippen LogP contribution in [-0.2, 0) is 11.3 Å². The van der Waals surface area contributed by atoms with Crippen molar-refractivity contribution in [1.82, 2.24) is 30.0 Å². The van der Waals surface area contributed by atoms with Gasteiger partial charge in [-0.3, -0.25) is 19.5 Å². The Morgan fingerprint density at radius 3 is 2.74 bits per heavy atom. The van der Waals surface area contributed by atoms with Crippen LogP contribution >= 0.6 is 0 Å². The highest BCUT2D eigenvalue weighted by molar-refractivity contribution is 5.94. The molecule has 0 unspecified atom stereocenters. The average molecular weight is 420 g/mol. The second-order valence-corrected chi connectivity index (χ2v) is 7.47. The topological polar surface area (TPSA) is 111 Å². The molecule has 0 spiro atoms. The molecule has 0 atom stereocenters. The van der Waals surface area contributed by atoms with E-state index < -0.39 is 17.5 Å². The van der Waals surface area contributed by atoms with Crippen molar-refractivity contribution in [2.24, 2.45) is 0 Å². The second-order valence-electron chi connectivity index (χ2n) is 7.47. The number of allylic oxidation sites excluding steroid dienone is 1. The summed E-state index contributed by atoms with van der Waals surface area (Å²) in [5.74, 6) is -0.590. The maximum absolute atomic E-state index is 12.7. The van der Waals surface area contributed by atoms with E-state index in [1.54, 1.807) is 4.68 Å².